The van der Waals surface area contributed by atoms with Crippen LogP contribution >= 0.6 is 0 Å². The predicted molar refractivity (Wildman–Crippen MR) is 67.7 cm³/mol. The number of hydrogen-bond donors (Lipinski definition) is 2. The van der Waals surface area contributed by atoms with Gasteiger partial charge in [-0.15, -0.1) is 0 Å². The molecule has 0 amide bonds. The lowest BCUT2D eigenvalue weighted by Gasteiger charge is -2.29. The molecule has 1 atom stereocenters. The van der Waals surface area contributed by atoms with E-state index in [-0.39, 0.29) is 5.56 Å². The summed E-state index contributed by atoms with van der Waals surface area (Å²) < 4.78 is 13.7. The van der Waals surface area contributed by atoms with Crippen LogP contribution in [-0.2, 0) is 5.54 Å². The highest BCUT2D eigenvalue weighted by atomic mass is 19.1. The van der Waals surface area contributed by atoms with Crippen LogP contribution in [0.3, 0.4) is 0 Å². The average molecular weight is 255 g/mol. The maximum absolute atomic E-state index is 13.7. The minimum absolute atomic E-state index is 0.00183. The summed E-state index contributed by atoms with van der Waals surface area (Å²) in [7, 11) is 0. The van der Waals surface area contributed by atoms with E-state index in [4.69, 9.17) is 11.0 Å². The van der Waals surface area contributed by atoms with Crippen molar-refractivity contribution in [3.63, 3.8) is 0 Å². The van der Waals surface area contributed by atoms with Gasteiger partial charge in [0.05, 0.1) is 11.1 Å². The smallest absolute Gasteiger partial charge is 0.151 e. The van der Waals surface area contributed by atoms with Crippen LogP contribution in [0.1, 0.15) is 11.1 Å². The lowest BCUT2D eigenvalue weighted by molar-refractivity contribution is 0.418. The molecule has 0 radical (unpaired) electrons. The molecule has 0 bridgehead atoms. The first-order valence-corrected chi connectivity index (χ1v) is 5.61. The number of hydrogen-bond acceptors (Lipinski definition) is 5. The molecule has 0 saturated heterocycles. The van der Waals surface area contributed by atoms with Gasteiger partial charge in [0.25, 0.3) is 0 Å². The fraction of sp³-hybridized carbons (Fsp3) is 0.0769. The summed E-state index contributed by atoms with van der Waals surface area (Å²) in [5, 5.41) is 10.4. The molecule has 1 unspecified atom stereocenters. The van der Waals surface area contributed by atoms with Gasteiger partial charge in [0, 0.05) is 6.20 Å². The van der Waals surface area contributed by atoms with Crippen molar-refractivity contribution in [2.75, 3.05) is 0 Å². The van der Waals surface area contributed by atoms with E-state index in [1.54, 1.807) is 41.8 Å². The van der Waals surface area contributed by atoms with Crippen molar-refractivity contribution in [3.8, 4) is 6.07 Å². The van der Waals surface area contributed by atoms with Crippen LogP contribution in [0.25, 0.3) is 0 Å². The Balaban J connectivity index is 2.04. The maximum atomic E-state index is 13.7. The van der Waals surface area contributed by atoms with Gasteiger partial charge in [-0.2, -0.15) is 5.26 Å². The molecule has 94 valence electrons. The Kier molecular flexibility index (Phi) is 2.37. The first-order chi connectivity index (χ1) is 9.12. The topological polar surface area (TPSA) is 77.4 Å². The van der Waals surface area contributed by atoms with Gasteiger partial charge in [0.15, 0.2) is 5.82 Å². The Labute approximate surface area is 109 Å². The molecule has 0 fully saturated rings. The summed E-state index contributed by atoms with van der Waals surface area (Å²) in [5.74, 6) is 0.0712. The van der Waals surface area contributed by atoms with Crippen molar-refractivity contribution in [2.24, 2.45) is 10.7 Å². The third kappa shape index (κ3) is 1.77. The van der Waals surface area contributed by atoms with Crippen LogP contribution in [0.4, 0.5) is 4.39 Å². The lowest BCUT2D eigenvalue weighted by Crippen LogP contribution is -2.38. The molecule has 2 heterocycles. The number of hydrazine groups is 1. The molecule has 0 aromatic heterocycles. The van der Waals surface area contributed by atoms with Gasteiger partial charge < -0.3 is 5.73 Å². The first-order valence-electron chi connectivity index (χ1n) is 5.61. The number of benzene rings is 1. The summed E-state index contributed by atoms with van der Waals surface area (Å²) in [6.07, 6.45) is 6.74. The van der Waals surface area contributed by atoms with Crippen molar-refractivity contribution in [1.82, 2.24) is 10.4 Å². The van der Waals surface area contributed by atoms with Gasteiger partial charge in [-0.3, -0.25) is 5.43 Å². The Morgan fingerprint density at radius 1 is 1.47 bits per heavy atom. The number of nitrogens with one attached hydrogen (secondary N) is 1. The molecular weight excluding hydrogens is 245 g/mol. The second-order valence-corrected chi connectivity index (χ2v) is 4.32. The third-order valence-electron chi connectivity index (χ3n) is 3.10. The molecule has 0 spiro atoms. The fourth-order valence-electron chi connectivity index (χ4n) is 2.03. The van der Waals surface area contributed by atoms with Gasteiger partial charge in [0.1, 0.15) is 18.2 Å². The molecule has 3 rings (SSSR count). The van der Waals surface area contributed by atoms with Crippen molar-refractivity contribution in [1.29, 1.82) is 5.26 Å². The van der Waals surface area contributed by atoms with Crippen molar-refractivity contribution in [2.45, 2.75) is 5.54 Å². The van der Waals surface area contributed by atoms with E-state index in [2.05, 4.69) is 10.4 Å². The molecule has 3 N–H and O–H groups in total. The Morgan fingerprint density at radius 3 is 3.05 bits per heavy atom. The van der Waals surface area contributed by atoms with Gasteiger partial charge in [-0.1, -0.05) is 6.07 Å². The van der Waals surface area contributed by atoms with Crippen LogP contribution in [-0.4, -0.2) is 11.3 Å². The highest BCUT2D eigenvalue weighted by Gasteiger charge is 2.29. The van der Waals surface area contributed by atoms with Crippen molar-refractivity contribution >= 4 is 6.34 Å². The second kappa shape index (κ2) is 3.93. The van der Waals surface area contributed by atoms with E-state index < -0.39 is 11.4 Å². The molecule has 0 saturated carbocycles. The number of halogens is 1. The summed E-state index contributed by atoms with van der Waals surface area (Å²) in [5.41, 5.74) is 8.77. The van der Waals surface area contributed by atoms with Crippen LogP contribution in [0.2, 0.25) is 0 Å². The van der Waals surface area contributed by atoms with Crippen LogP contribution in [0.15, 0.2) is 47.4 Å². The van der Waals surface area contributed by atoms with E-state index in [1.165, 1.54) is 12.1 Å². The predicted octanol–water partition coefficient (Wildman–Crippen LogP) is 1.07. The zero-order chi connectivity index (χ0) is 13.5. The zero-order valence-electron chi connectivity index (χ0n) is 9.84. The number of fused-ring (bicyclic) bond motifs is 1. The number of aliphatic imine (C=N–C) groups is 1. The number of rotatable bonds is 1. The summed E-state index contributed by atoms with van der Waals surface area (Å²) in [4.78, 5) is 4.11. The van der Waals surface area contributed by atoms with E-state index >= 15 is 0 Å². The molecule has 5 nitrogen and oxygen atoms in total. The Hall–Kier alpha value is -2.65. The monoisotopic (exact) mass is 255 g/mol. The normalized spacial score (nSPS) is 23.6. The number of nitrogens with two attached hydrogens (primary N) is 1. The highest BCUT2D eigenvalue weighted by molar-refractivity contribution is 5.60. The summed E-state index contributed by atoms with van der Waals surface area (Å²) >= 11 is 0. The van der Waals surface area contributed by atoms with Crippen molar-refractivity contribution in [3.05, 3.63) is 59.3 Å². The van der Waals surface area contributed by atoms with Gasteiger partial charge in [0.2, 0.25) is 0 Å². The van der Waals surface area contributed by atoms with Gasteiger partial charge in [-0.05, 0) is 29.8 Å². The minimum atomic E-state index is -0.940. The summed E-state index contributed by atoms with van der Waals surface area (Å²) in [6.45, 7) is 0. The second-order valence-electron chi connectivity index (χ2n) is 4.32. The first kappa shape index (κ1) is 11.4. The zero-order valence-corrected chi connectivity index (χ0v) is 9.84. The van der Waals surface area contributed by atoms with E-state index in [0.717, 1.165) is 0 Å². The third-order valence-corrected chi connectivity index (χ3v) is 3.10. The van der Waals surface area contributed by atoms with Gasteiger partial charge in [-0.25, -0.2) is 14.4 Å². The molecule has 2 aliphatic rings. The van der Waals surface area contributed by atoms with Crippen LogP contribution in [0.5, 0.6) is 0 Å². The van der Waals surface area contributed by atoms with Crippen molar-refractivity contribution < 1.29 is 4.39 Å². The largest absolute Gasteiger partial charge is 0.315 e. The summed E-state index contributed by atoms with van der Waals surface area (Å²) in [6, 6.07) is 6.13. The Bertz CT molecular complexity index is 670. The van der Waals surface area contributed by atoms with Gasteiger partial charge >= 0.3 is 0 Å². The minimum Gasteiger partial charge on any atom is -0.315 e. The molecule has 0 aliphatic carbocycles. The number of nitriles is 1. The van der Waals surface area contributed by atoms with E-state index in [0.29, 0.717) is 11.4 Å². The molecule has 1 aromatic rings. The molecule has 6 heteroatoms. The molecular formula is C13H10FN5. The standard InChI is InChI=1S/C13H10FN5/c14-11-5-10(2-1-9(11)7-15)13(16)3-4-19-12(6-13)17-8-18-19/h1-6,8H,16H2,(H,17,18). The Morgan fingerprint density at radius 2 is 2.32 bits per heavy atom. The van der Waals surface area contributed by atoms with Crippen LogP contribution < -0.4 is 11.2 Å². The quantitative estimate of drug-likeness (QED) is 0.786. The van der Waals surface area contributed by atoms with E-state index in [1.807, 2.05) is 0 Å². The highest BCUT2D eigenvalue weighted by Crippen LogP contribution is 2.30. The van der Waals surface area contributed by atoms with E-state index in [9.17, 15) is 4.39 Å². The molecule has 2 aliphatic heterocycles. The molecule has 19 heavy (non-hydrogen) atoms. The fourth-order valence-corrected chi connectivity index (χ4v) is 2.03. The number of nitrogens with zero attached hydrogens (tertiary/aromatic N) is 3. The van der Waals surface area contributed by atoms with Crippen LogP contribution in [0, 0.1) is 17.1 Å². The SMILES string of the molecule is N#Cc1ccc(C2(N)C=CN3NC=NC3=C2)cc1F. The average Bonchev–Trinajstić information content (AvgIpc) is 2.85. The maximum Gasteiger partial charge on any atom is 0.151 e. The lowest BCUT2D eigenvalue weighted by atomic mass is 9.88. The molecule has 1 aromatic carbocycles.